The van der Waals surface area contributed by atoms with Crippen molar-refractivity contribution in [2.75, 3.05) is 0 Å². The highest BCUT2D eigenvalue weighted by Crippen LogP contribution is 2.27. The normalized spacial score (nSPS) is 12.4. The number of fused-ring (bicyclic) bond motifs is 2. The molecule has 1 atom stereocenters. The molecule has 5 nitrogen and oxygen atoms in total. The molecule has 0 radical (unpaired) electrons. The van der Waals surface area contributed by atoms with Gasteiger partial charge in [-0.15, -0.1) is 0 Å². The lowest BCUT2D eigenvalue weighted by Crippen LogP contribution is -2.25. The predicted octanol–water partition coefficient (Wildman–Crippen LogP) is 4.96. The average molecular weight is 361 g/mol. The molecular weight excluding hydrogens is 342 g/mol. The molecule has 0 aliphatic heterocycles. The Labute approximate surface area is 155 Å². The maximum Gasteiger partial charge on any atom is 0.375 e. The summed E-state index contributed by atoms with van der Waals surface area (Å²) in [7, 11) is 0. The summed E-state index contributed by atoms with van der Waals surface area (Å²) in [6.07, 6.45) is -0.928. The molecule has 0 saturated heterocycles. The van der Waals surface area contributed by atoms with Gasteiger partial charge in [0.25, 0.3) is 0 Å². The third-order valence-electron chi connectivity index (χ3n) is 4.82. The third-order valence-corrected chi connectivity index (χ3v) is 4.82. The zero-order valence-electron chi connectivity index (χ0n) is 15.3. The number of rotatable bonds is 4. The first-order valence-electron chi connectivity index (χ1n) is 8.78. The molecular formula is C22H19NO4. The molecule has 27 heavy (non-hydrogen) atoms. The van der Waals surface area contributed by atoms with Crippen LogP contribution in [0.3, 0.4) is 0 Å². The van der Waals surface area contributed by atoms with Crippen molar-refractivity contribution in [3.63, 3.8) is 0 Å². The number of H-pyrrole nitrogens is 1. The number of hydrogen-bond acceptors (Lipinski definition) is 4. The lowest BCUT2D eigenvalue weighted by Gasteiger charge is -2.12. The van der Waals surface area contributed by atoms with Gasteiger partial charge in [-0.1, -0.05) is 36.4 Å². The minimum Gasteiger partial charge on any atom is -0.449 e. The van der Waals surface area contributed by atoms with Crippen molar-refractivity contribution in [3.05, 3.63) is 71.1 Å². The molecule has 136 valence electrons. The fourth-order valence-electron chi connectivity index (χ4n) is 3.43. The summed E-state index contributed by atoms with van der Waals surface area (Å²) in [6.45, 7) is 5.23. The summed E-state index contributed by atoms with van der Waals surface area (Å²) in [5, 5.41) is 1.68. The van der Waals surface area contributed by atoms with Crippen LogP contribution in [0.4, 0.5) is 0 Å². The summed E-state index contributed by atoms with van der Waals surface area (Å²) in [5.74, 6) is -0.749. The highest BCUT2D eigenvalue weighted by atomic mass is 16.6. The molecule has 4 rings (SSSR count). The Kier molecular flexibility index (Phi) is 4.07. The van der Waals surface area contributed by atoms with Crippen LogP contribution >= 0.6 is 0 Å². The number of aryl methyl sites for hydroxylation is 2. The Morgan fingerprint density at radius 1 is 1.00 bits per heavy atom. The Morgan fingerprint density at radius 2 is 1.67 bits per heavy atom. The zero-order chi connectivity index (χ0) is 19.1. The topological polar surface area (TPSA) is 72.3 Å². The van der Waals surface area contributed by atoms with Crippen LogP contribution in [0.1, 0.15) is 39.1 Å². The van der Waals surface area contributed by atoms with Gasteiger partial charge in [0.1, 0.15) is 5.58 Å². The summed E-state index contributed by atoms with van der Waals surface area (Å²) >= 11 is 0. The molecule has 5 heteroatoms. The fraction of sp³-hybridized carbons (Fsp3) is 0.182. The number of carbonyl (C=O) groups is 2. The van der Waals surface area contributed by atoms with Gasteiger partial charge >= 0.3 is 5.97 Å². The number of ether oxygens (including phenoxy) is 1. The van der Waals surface area contributed by atoms with Crippen molar-refractivity contribution in [1.82, 2.24) is 4.98 Å². The van der Waals surface area contributed by atoms with E-state index in [2.05, 4.69) is 4.98 Å². The number of carbonyl (C=O) groups excluding carboxylic acids is 2. The summed E-state index contributed by atoms with van der Waals surface area (Å²) < 4.78 is 11.1. The monoisotopic (exact) mass is 361 g/mol. The van der Waals surface area contributed by atoms with E-state index in [1.165, 1.54) is 0 Å². The molecule has 0 aliphatic carbocycles. The largest absolute Gasteiger partial charge is 0.449 e. The van der Waals surface area contributed by atoms with Gasteiger partial charge in [0.2, 0.25) is 11.5 Å². The zero-order valence-corrected chi connectivity index (χ0v) is 15.3. The maximum atomic E-state index is 12.9. The van der Waals surface area contributed by atoms with Gasteiger partial charge in [0.05, 0.1) is 0 Å². The lowest BCUT2D eigenvalue weighted by atomic mass is 10.0. The standard InChI is InChI=1S/C22H19NO4/c1-12-15-8-5-7-11-18(15)27-21(12)22(25)26-14(3)20(24)19-13(2)23-17-10-6-4-9-16(17)19/h4-11,14,23H,1-3H3. The van der Waals surface area contributed by atoms with Crippen LogP contribution in [0.25, 0.3) is 21.9 Å². The van der Waals surface area contributed by atoms with E-state index in [1.807, 2.05) is 49.4 Å². The van der Waals surface area contributed by atoms with Gasteiger partial charge < -0.3 is 14.1 Å². The Balaban J connectivity index is 1.62. The molecule has 0 aliphatic rings. The average Bonchev–Trinajstić information content (AvgIpc) is 3.18. The number of Topliss-reactive ketones (excluding diaryl/α,β-unsaturated/α-hetero) is 1. The molecule has 2 heterocycles. The first kappa shape index (κ1) is 17.1. The Morgan fingerprint density at radius 3 is 2.41 bits per heavy atom. The first-order valence-corrected chi connectivity index (χ1v) is 8.78. The quantitative estimate of drug-likeness (QED) is 0.412. The summed E-state index contributed by atoms with van der Waals surface area (Å²) in [5.41, 5.74) is 3.51. The molecule has 0 saturated carbocycles. The molecule has 2 aromatic carbocycles. The van der Waals surface area contributed by atoms with Crippen molar-refractivity contribution in [1.29, 1.82) is 0 Å². The van der Waals surface area contributed by atoms with Crippen LogP contribution in [0, 0.1) is 13.8 Å². The molecule has 0 bridgehead atoms. The molecule has 1 N–H and O–H groups in total. The van der Waals surface area contributed by atoms with Crippen molar-refractivity contribution in [2.24, 2.45) is 0 Å². The van der Waals surface area contributed by atoms with Crippen molar-refractivity contribution >= 4 is 33.6 Å². The van der Waals surface area contributed by atoms with E-state index in [1.54, 1.807) is 19.9 Å². The lowest BCUT2D eigenvalue weighted by molar-refractivity contribution is 0.0290. The number of nitrogens with one attached hydrogen (secondary N) is 1. The van der Waals surface area contributed by atoms with Crippen molar-refractivity contribution in [3.8, 4) is 0 Å². The highest BCUT2D eigenvalue weighted by Gasteiger charge is 2.27. The molecule has 1 unspecified atom stereocenters. The van der Waals surface area contributed by atoms with Crippen LogP contribution < -0.4 is 0 Å². The number of benzene rings is 2. The second-order valence-electron chi connectivity index (χ2n) is 6.63. The molecule has 0 amide bonds. The van der Waals surface area contributed by atoms with Gasteiger partial charge in [-0.3, -0.25) is 4.79 Å². The summed E-state index contributed by atoms with van der Waals surface area (Å²) in [4.78, 5) is 28.7. The van der Waals surface area contributed by atoms with E-state index in [0.29, 0.717) is 16.7 Å². The van der Waals surface area contributed by atoms with E-state index in [0.717, 1.165) is 22.0 Å². The van der Waals surface area contributed by atoms with Gasteiger partial charge in [0, 0.05) is 33.1 Å². The second kappa shape index (κ2) is 6.43. The number of aromatic amines is 1. The van der Waals surface area contributed by atoms with Crippen LogP contribution in [-0.2, 0) is 4.74 Å². The first-order chi connectivity index (χ1) is 13.0. The fourth-order valence-corrected chi connectivity index (χ4v) is 3.43. The van der Waals surface area contributed by atoms with Crippen LogP contribution in [0.5, 0.6) is 0 Å². The minimum atomic E-state index is -0.928. The molecule has 0 fully saturated rings. The maximum absolute atomic E-state index is 12.9. The molecule has 2 aromatic heterocycles. The van der Waals surface area contributed by atoms with Crippen molar-refractivity contribution < 1.29 is 18.7 Å². The van der Waals surface area contributed by atoms with E-state index < -0.39 is 12.1 Å². The van der Waals surface area contributed by atoms with E-state index >= 15 is 0 Å². The SMILES string of the molecule is Cc1[nH]c2ccccc2c1C(=O)C(C)OC(=O)c1oc2ccccc2c1C. The Hall–Kier alpha value is -3.34. The smallest absolute Gasteiger partial charge is 0.375 e. The number of ketones is 1. The molecule has 4 aromatic rings. The molecule has 0 spiro atoms. The number of hydrogen-bond donors (Lipinski definition) is 1. The number of esters is 1. The van der Waals surface area contributed by atoms with Crippen molar-refractivity contribution in [2.45, 2.75) is 26.9 Å². The van der Waals surface area contributed by atoms with E-state index in [9.17, 15) is 9.59 Å². The van der Waals surface area contributed by atoms with Gasteiger partial charge in [-0.05, 0) is 32.9 Å². The van der Waals surface area contributed by atoms with Gasteiger partial charge in [-0.2, -0.15) is 0 Å². The predicted molar refractivity (Wildman–Crippen MR) is 103 cm³/mol. The number of aromatic nitrogens is 1. The van der Waals surface area contributed by atoms with Crippen LogP contribution in [-0.4, -0.2) is 22.8 Å². The minimum absolute atomic E-state index is 0.131. The van der Waals surface area contributed by atoms with Crippen LogP contribution in [0.2, 0.25) is 0 Å². The second-order valence-corrected chi connectivity index (χ2v) is 6.63. The number of furan rings is 1. The summed E-state index contributed by atoms with van der Waals surface area (Å²) in [6, 6.07) is 15.0. The number of para-hydroxylation sites is 2. The van der Waals surface area contributed by atoms with Crippen LogP contribution in [0.15, 0.2) is 52.9 Å². The highest BCUT2D eigenvalue weighted by molar-refractivity contribution is 6.11. The van der Waals surface area contributed by atoms with E-state index in [4.69, 9.17) is 9.15 Å². The van der Waals surface area contributed by atoms with Gasteiger partial charge in [-0.25, -0.2) is 4.79 Å². The van der Waals surface area contributed by atoms with E-state index in [-0.39, 0.29) is 11.5 Å². The third kappa shape index (κ3) is 2.81. The Bertz CT molecular complexity index is 1180. The van der Waals surface area contributed by atoms with Gasteiger partial charge in [0.15, 0.2) is 6.10 Å².